The third-order valence-electron chi connectivity index (χ3n) is 3.17. The summed E-state index contributed by atoms with van der Waals surface area (Å²) in [4.78, 5) is 6.62. The molecular weight excluding hydrogens is 204 g/mol. The van der Waals surface area contributed by atoms with Crippen LogP contribution in [0.5, 0.6) is 0 Å². The second-order valence-corrected chi connectivity index (χ2v) is 4.28. The van der Waals surface area contributed by atoms with Crippen molar-refractivity contribution < 1.29 is 4.52 Å². The first-order valence-corrected chi connectivity index (χ1v) is 6.08. The zero-order valence-corrected chi connectivity index (χ0v) is 10.1. The molecule has 1 aromatic heterocycles. The van der Waals surface area contributed by atoms with E-state index in [1.165, 1.54) is 12.8 Å². The smallest absolute Gasteiger partial charge is 0.266 e. The van der Waals surface area contributed by atoms with E-state index in [0.717, 1.165) is 37.8 Å². The van der Waals surface area contributed by atoms with Crippen molar-refractivity contribution in [2.45, 2.75) is 38.6 Å². The fourth-order valence-corrected chi connectivity index (χ4v) is 2.04. The molecule has 0 radical (unpaired) electrons. The molecule has 2 rings (SSSR count). The van der Waals surface area contributed by atoms with Crippen molar-refractivity contribution in [3.05, 3.63) is 5.89 Å². The number of nitrogens with one attached hydrogen (secondary N) is 1. The number of aromatic nitrogens is 2. The van der Waals surface area contributed by atoms with Crippen LogP contribution < -0.4 is 10.2 Å². The minimum Gasteiger partial charge on any atom is -0.338 e. The summed E-state index contributed by atoms with van der Waals surface area (Å²) in [7, 11) is 1.96. The van der Waals surface area contributed by atoms with Crippen LogP contribution in [0.3, 0.4) is 0 Å². The molecule has 0 bridgehead atoms. The molecule has 90 valence electrons. The van der Waals surface area contributed by atoms with Gasteiger partial charge < -0.3 is 14.7 Å². The number of hydrogen-bond acceptors (Lipinski definition) is 5. The standard InChI is InChI=1S/C11H20N4O/c1-3-9(12-2)8-10-13-11(14-16-10)15-6-4-5-7-15/h9,12H,3-8H2,1-2H3. The lowest BCUT2D eigenvalue weighted by atomic mass is 10.1. The molecule has 1 unspecified atom stereocenters. The monoisotopic (exact) mass is 224 g/mol. The Labute approximate surface area is 96.2 Å². The maximum atomic E-state index is 5.27. The number of rotatable bonds is 5. The average Bonchev–Trinajstić information content (AvgIpc) is 2.96. The van der Waals surface area contributed by atoms with E-state index < -0.39 is 0 Å². The quantitative estimate of drug-likeness (QED) is 0.814. The van der Waals surface area contributed by atoms with Crippen molar-refractivity contribution >= 4 is 5.95 Å². The molecule has 1 saturated heterocycles. The van der Waals surface area contributed by atoms with E-state index in [2.05, 4.69) is 27.3 Å². The van der Waals surface area contributed by atoms with Crippen molar-refractivity contribution in [3.63, 3.8) is 0 Å². The molecule has 0 amide bonds. The van der Waals surface area contributed by atoms with Gasteiger partial charge in [-0.15, -0.1) is 0 Å². The van der Waals surface area contributed by atoms with E-state index in [4.69, 9.17) is 4.52 Å². The van der Waals surface area contributed by atoms with Gasteiger partial charge in [-0.2, -0.15) is 4.98 Å². The van der Waals surface area contributed by atoms with Gasteiger partial charge in [-0.1, -0.05) is 6.92 Å². The van der Waals surface area contributed by atoms with Crippen LogP contribution in [0.4, 0.5) is 5.95 Å². The predicted molar refractivity (Wildman–Crippen MR) is 62.6 cm³/mol. The number of likely N-dealkylation sites (N-methyl/N-ethyl adjacent to an activating group) is 1. The molecule has 1 aromatic rings. The second-order valence-electron chi connectivity index (χ2n) is 4.28. The highest BCUT2D eigenvalue weighted by Gasteiger charge is 2.18. The van der Waals surface area contributed by atoms with Crippen LogP contribution in [0, 0.1) is 0 Å². The summed E-state index contributed by atoms with van der Waals surface area (Å²) in [5.41, 5.74) is 0. The van der Waals surface area contributed by atoms with Gasteiger partial charge in [-0.05, 0) is 31.5 Å². The molecule has 2 heterocycles. The molecule has 5 heteroatoms. The lowest BCUT2D eigenvalue weighted by molar-refractivity contribution is 0.358. The van der Waals surface area contributed by atoms with Gasteiger partial charge in [0.25, 0.3) is 5.95 Å². The Bertz CT molecular complexity index is 316. The Kier molecular flexibility index (Phi) is 3.77. The van der Waals surface area contributed by atoms with Crippen LogP contribution in [-0.4, -0.2) is 36.3 Å². The highest BCUT2D eigenvalue weighted by molar-refractivity contribution is 5.28. The molecular formula is C11H20N4O. The number of hydrogen-bond donors (Lipinski definition) is 1. The molecule has 0 aliphatic carbocycles. The van der Waals surface area contributed by atoms with Gasteiger partial charge in [0.1, 0.15) is 0 Å². The van der Waals surface area contributed by atoms with Crippen LogP contribution in [-0.2, 0) is 6.42 Å². The predicted octanol–water partition coefficient (Wildman–Crippen LogP) is 1.21. The molecule has 1 N–H and O–H groups in total. The van der Waals surface area contributed by atoms with Crippen molar-refractivity contribution in [1.29, 1.82) is 0 Å². The lowest BCUT2D eigenvalue weighted by Crippen LogP contribution is -2.26. The Hall–Kier alpha value is -1.10. The Morgan fingerprint density at radius 2 is 2.19 bits per heavy atom. The van der Waals surface area contributed by atoms with Crippen molar-refractivity contribution in [2.24, 2.45) is 0 Å². The lowest BCUT2D eigenvalue weighted by Gasteiger charge is -2.11. The summed E-state index contributed by atoms with van der Waals surface area (Å²) in [6, 6.07) is 0.423. The van der Waals surface area contributed by atoms with Crippen LogP contribution in [0.25, 0.3) is 0 Å². The van der Waals surface area contributed by atoms with Gasteiger partial charge in [0.05, 0.1) is 0 Å². The second kappa shape index (κ2) is 5.30. The summed E-state index contributed by atoms with van der Waals surface area (Å²) in [5.74, 6) is 1.50. The fraction of sp³-hybridized carbons (Fsp3) is 0.818. The molecule has 1 atom stereocenters. The average molecular weight is 224 g/mol. The summed E-state index contributed by atoms with van der Waals surface area (Å²) in [5, 5.41) is 7.27. The number of nitrogens with zero attached hydrogens (tertiary/aromatic N) is 3. The Balaban J connectivity index is 1.96. The van der Waals surface area contributed by atoms with E-state index >= 15 is 0 Å². The van der Waals surface area contributed by atoms with E-state index in [0.29, 0.717) is 6.04 Å². The molecule has 0 spiro atoms. The molecule has 1 aliphatic rings. The normalized spacial score (nSPS) is 18.0. The van der Waals surface area contributed by atoms with Gasteiger partial charge in [0.15, 0.2) is 0 Å². The van der Waals surface area contributed by atoms with Crippen LogP contribution in [0.2, 0.25) is 0 Å². The first kappa shape index (κ1) is 11.4. The highest BCUT2D eigenvalue weighted by atomic mass is 16.5. The first-order valence-electron chi connectivity index (χ1n) is 6.08. The first-order chi connectivity index (χ1) is 7.83. The maximum Gasteiger partial charge on any atom is 0.266 e. The minimum absolute atomic E-state index is 0.423. The Morgan fingerprint density at radius 1 is 1.44 bits per heavy atom. The van der Waals surface area contributed by atoms with Crippen molar-refractivity contribution in [3.8, 4) is 0 Å². The van der Waals surface area contributed by atoms with E-state index in [-0.39, 0.29) is 0 Å². The minimum atomic E-state index is 0.423. The molecule has 16 heavy (non-hydrogen) atoms. The van der Waals surface area contributed by atoms with E-state index in [1.807, 2.05) is 7.05 Å². The maximum absolute atomic E-state index is 5.27. The topological polar surface area (TPSA) is 54.2 Å². The van der Waals surface area contributed by atoms with Crippen LogP contribution in [0.15, 0.2) is 4.52 Å². The zero-order chi connectivity index (χ0) is 11.4. The molecule has 1 fully saturated rings. The van der Waals surface area contributed by atoms with Gasteiger partial charge in [-0.25, -0.2) is 0 Å². The third kappa shape index (κ3) is 2.52. The highest BCUT2D eigenvalue weighted by Crippen LogP contribution is 2.16. The van der Waals surface area contributed by atoms with Crippen LogP contribution in [0.1, 0.15) is 32.1 Å². The molecule has 0 saturated carbocycles. The zero-order valence-electron chi connectivity index (χ0n) is 10.1. The number of anilines is 1. The van der Waals surface area contributed by atoms with Gasteiger partial charge in [0.2, 0.25) is 5.89 Å². The summed E-state index contributed by atoms with van der Waals surface area (Å²) < 4.78 is 5.27. The fourth-order valence-electron chi connectivity index (χ4n) is 2.04. The van der Waals surface area contributed by atoms with E-state index in [1.54, 1.807) is 0 Å². The van der Waals surface area contributed by atoms with Gasteiger partial charge >= 0.3 is 0 Å². The summed E-state index contributed by atoms with van der Waals surface area (Å²) >= 11 is 0. The third-order valence-corrected chi connectivity index (χ3v) is 3.17. The summed E-state index contributed by atoms with van der Waals surface area (Å²) in [6.07, 6.45) is 4.35. The van der Waals surface area contributed by atoms with E-state index in [9.17, 15) is 0 Å². The molecule has 1 aliphatic heterocycles. The largest absolute Gasteiger partial charge is 0.338 e. The van der Waals surface area contributed by atoms with Gasteiger partial charge in [0, 0.05) is 25.6 Å². The Morgan fingerprint density at radius 3 is 2.81 bits per heavy atom. The summed E-state index contributed by atoms with van der Waals surface area (Å²) in [6.45, 7) is 4.27. The van der Waals surface area contributed by atoms with Crippen molar-refractivity contribution in [2.75, 3.05) is 25.0 Å². The van der Waals surface area contributed by atoms with Crippen LogP contribution >= 0.6 is 0 Å². The molecule has 0 aromatic carbocycles. The SMILES string of the molecule is CCC(Cc1nc(N2CCCC2)no1)NC. The van der Waals surface area contributed by atoms with Gasteiger partial charge in [-0.3, -0.25) is 0 Å². The van der Waals surface area contributed by atoms with Crippen molar-refractivity contribution in [1.82, 2.24) is 15.5 Å². The molecule has 5 nitrogen and oxygen atoms in total.